The summed E-state index contributed by atoms with van der Waals surface area (Å²) in [4.78, 5) is 12.5. The summed E-state index contributed by atoms with van der Waals surface area (Å²) in [6, 6.07) is 6.83. The van der Waals surface area contributed by atoms with E-state index in [4.69, 9.17) is 4.74 Å². The number of alkyl halides is 2. The molecule has 1 fully saturated rings. The van der Waals surface area contributed by atoms with Gasteiger partial charge >= 0.3 is 5.97 Å². The summed E-state index contributed by atoms with van der Waals surface area (Å²) in [7, 11) is 0. The summed E-state index contributed by atoms with van der Waals surface area (Å²) in [6.45, 7) is 2.18. The van der Waals surface area contributed by atoms with E-state index in [9.17, 15) is 22.4 Å². The van der Waals surface area contributed by atoms with E-state index < -0.39 is 34.0 Å². The van der Waals surface area contributed by atoms with Gasteiger partial charge in [0.05, 0.1) is 5.56 Å². The molecule has 0 aliphatic heterocycles. The molecule has 1 saturated carbocycles. The molecule has 1 heterocycles. The van der Waals surface area contributed by atoms with Crippen LogP contribution in [0.4, 0.5) is 17.6 Å². The van der Waals surface area contributed by atoms with Gasteiger partial charge in [0.2, 0.25) is 5.13 Å². The highest BCUT2D eigenvalue weighted by Gasteiger charge is 2.30. The summed E-state index contributed by atoms with van der Waals surface area (Å²) in [6.07, 6.45) is 0.676. The monoisotopic (exact) mass is 386 g/mol. The van der Waals surface area contributed by atoms with E-state index in [1.54, 1.807) is 18.2 Å². The Hall–Kier alpha value is -1.89. The van der Waals surface area contributed by atoms with Crippen molar-refractivity contribution in [2.24, 2.45) is 5.92 Å². The fraction of sp³-hybridized carbons (Fsp3) is 0.421. The predicted molar refractivity (Wildman–Crippen MR) is 91.0 cm³/mol. The predicted octanol–water partition coefficient (Wildman–Crippen LogP) is 6.48. The van der Waals surface area contributed by atoms with Gasteiger partial charge in [-0.3, -0.25) is 0 Å². The van der Waals surface area contributed by atoms with Crippen LogP contribution in [0.2, 0.25) is 0 Å². The summed E-state index contributed by atoms with van der Waals surface area (Å²) < 4.78 is 57.7. The Balaban J connectivity index is 1.87. The molecule has 26 heavy (non-hydrogen) atoms. The largest absolute Gasteiger partial charge is 0.411 e. The number of hydrogen-bond donors (Lipinski definition) is 0. The van der Waals surface area contributed by atoms with Crippen LogP contribution in [-0.4, -0.2) is 5.97 Å². The Morgan fingerprint density at radius 1 is 1.15 bits per heavy atom. The zero-order valence-electron chi connectivity index (χ0n) is 14.1. The highest BCUT2D eigenvalue weighted by molar-refractivity contribution is 7.12. The molecule has 1 aliphatic rings. The number of carbonyl (C=O) groups excluding carboxylic acids is 1. The van der Waals surface area contributed by atoms with Crippen molar-refractivity contribution in [3.8, 4) is 5.06 Å². The first-order chi connectivity index (χ1) is 12.4. The molecule has 1 aromatic heterocycles. The number of rotatable bonds is 4. The second-order valence-electron chi connectivity index (χ2n) is 6.63. The van der Waals surface area contributed by atoms with E-state index >= 15 is 0 Å². The number of carbonyl (C=O) groups is 1. The first-order valence-corrected chi connectivity index (χ1v) is 9.27. The average molecular weight is 386 g/mol. The fourth-order valence-electron chi connectivity index (χ4n) is 3.39. The Labute approximate surface area is 152 Å². The van der Waals surface area contributed by atoms with Crippen molar-refractivity contribution in [1.82, 2.24) is 0 Å². The average Bonchev–Trinajstić information content (AvgIpc) is 2.89. The maximum atomic E-state index is 13.5. The Kier molecular flexibility index (Phi) is 5.65. The molecule has 7 heteroatoms. The third kappa shape index (κ3) is 3.77. The molecule has 2 aromatic rings. The summed E-state index contributed by atoms with van der Waals surface area (Å²) in [5, 5.41) is -2.15. The van der Waals surface area contributed by atoms with Gasteiger partial charge in [-0.05, 0) is 36.3 Å². The van der Waals surface area contributed by atoms with E-state index in [1.165, 1.54) is 0 Å². The molecule has 0 saturated heterocycles. The lowest BCUT2D eigenvalue weighted by atomic mass is 9.78. The number of esters is 1. The van der Waals surface area contributed by atoms with Gasteiger partial charge < -0.3 is 4.74 Å². The molecule has 1 aliphatic carbocycles. The van der Waals surface area contributed by atoms with Gasteiger partial charge in [-0.25, -0.2) is 18.0 Å². The van der Waals surface area contributed by atoms with Crippen molar-refractivity contribution in [2.45, 2.75) is 45.0 Å². The molecule has 0 spiro atoms. The van der Waals surface area contributed by atoms with Crippen molar-refractivity contribution in [2.75, 3.05) is 0 Å². The standard InChI is InChI=1S/C19H18F4O2S/c1-10-6-8-11(9-7-10)12-4-2-3-5-13(12)18(24)25-19-14(16(21)22)15(20)17(23)26-19/h2-5,10-11,16H,6-9H2,1H3. The summed E-state index contributed by atoms with van der Waals surface area (Å²) in [5.41, 5.74) is -0.160. The minimum Gasteiger partial charge on any atom is -0.411 e. The van der Waals surface area contributed by atoms with Crippen LogP contribution < -0.4 is 4.74 Å². The van der Waals surface area contributed by atoms with Crippen LogP contribution in [0.3, 0.4) is 0 Å². The SMILES string of the molecule is CC1CCC(c2ccccc2C(=O)Oc2sc(F)c(F)c2C(F)F)CC1. The van der Waals surface area contributed by atoms with E-state index in [0.29, 0.717) is 5.92 Å². The van der Waals surface area contributed by atoms with Gasteiger partial charge in [-0.15, -0.1) is 0 Å². The number of hydrogen-bond acceptors (Lipinski definition) is 3. The van der Waals surface area contributed by atoms with Gasteiger partial charge in [0.25, 0.3) is 6.43 Å². The number of halogens is 4. The summed E-state index contributed by atoms with van der Waals surface area (Å²) in [5.74, 6) is -1.72. The quantitative estimate of drug-likeness (QED) is 0.444. The minimum absolute atomic E-state index is 0.0693. The third-order valence-electron chi connectivity index (χ3n) is 4.85. The van der Waals surface area contributed by atoms with E-state index in [-0.39, 0.29) is 22.8 Å². The molecule has 140 valence electrons. The molecule has 0 N–H and O–H groups in total. The van der Waals surface area contributed by atoms with Crippen LogP contribution >= 0.6 is 11.3 Å². The lowest BCUT2D eigenvalue weighted by Gasteiger charge is -2.27. The second kappa shape index (κ2) is 7.78. The highest BCUT2D eigenvalue weighted by atomic mass is 32.1. The number of ether oxygens (including phenoxy) is 1. The minimum atomic E-state index is -3.27. The van der Waals surface area contributed by atoms with E-state index in [2.05, 4.69) is 6.92 Å². The number of thiophene rings is 1. The van der Waals surface area contributed by atoms with Crippen molar-refractivity contribution in [3.63, 3.8) is 0 Å². The van der Waals surface area contributed by atoms with Crippen molar-refractivity contribution in [1.29, 1.82) is 0 Å². The third-order valence-corrected chi connectivity index (χ3v) is 5.70. The highest BCUT2D eigenvalue weighted by Crippen LogP contribution is 2.41. The van der Waals surface area contributed by atoms with Gasteiger partial charge in [0.1, 0.15) is 5.56 Å². The smallest absolute Gasteiger partial charge is 0.344 e. The van der Waals surface area contributed by atoms with Crippen LogP contribution in [0.1, 0.15) is 66.4 Å². The molecule has 0 unspecified atom stereocenters. The Bertz CT molecular complexity index is 795. The van der Waals surface area contributed by atoms with Crippen LogP contribution in [0.25, 0.3) is 0 Å². The molecule has 0 radical (unpaired) electrons. The second-order valence-corrected chi connectivity index (χ2v) is 7.56. The molecule has 2 nitrogen and oxygen atoms in total. The van der Waals surface area contributed by atoms with E-state index in [0.717, 1.165) is 31.2 Å². The topological polar surface area (TPSA) is 26.3 Å². The molecule has 0 bridgehead atoms. The normalized spacial score (nSPS) is 20.4. The molecule has 0 atom stereocenters. The van der Waals surface area contributed by atoms with Crippen molar-refractivity contribution in [3.05, 3.63) is 51.9 Å². The van der Waals surface area contributed by atoms with Gasteiger partial charge in [-0.1, -0.05) is 49.3 Å². The first-order valence-electron chi connectivity index (χ1n) is 8.45. The first kappa shape index (κ1) is 18.9. The molecule has 0 amide bonds. The van der Waals surface area contributed by atoms with Gasteiger partial charge in [0, 0.05) is 0 Å². The van der Waals surface area contributed by atoms with Crippen molar-refractivity contribution >= 4 is 17.3 Å². The van der Waals surface area contributed by atoms with Gasteiger partial charge in [-0.2, -0.15) is 4.39 Å². The molecule has 1 aromatic carbocycles. The Morgan fingerprint density at radius 3 is 2.46 bits per heavy atom. The summed E-state index contributed by atoms with van der Waals surface area (Å²) >= 11 is 0.0693. The maximum absolute atomic E-state index is 13.5. The molecular formula is C19H18F4O2S. The van der Waals surface area contributed by atoms with E-state index in [1.807, 2.05) is 6.07 Å². The van der Waals surface area contributed by atoms with Crippen LogP contribution in [0, 0.1) is 16.9 Å². The van der Waals surface area contributed by atoms with Crippen LogP contribution in [-0.2, 0) is 0 Å². The zero-order chi connectivity index (χ0) is 18.8. The zero-order valence-corrected chi connectivity index (χ0v) is 14.9. The van der Waals surface area contributed by atoms with Crippen LogP contribution in [0.15, 0.2) is 24.3 Å². The maximum Gasteiger partial charge on any atom is 0.344 e. The van der Waals surface area contributed by atoms with Crippen LogP contribution in [0.5, 0.6) is 5.06 Å². The molecule has 3 rings (SSSR count). The lowest BCUT2D eigenvalue weighted by Crippen LogP contribution is -2.17. The van der Waals surface area contributed by atoms with Gasteiger partial charge in [0.15, 0.2) is 10.9 Å². The van der Waals surface area contributed by atoms with Crippen molar-refractivity contribution < 1.29 is 27.1 Å². The fourth-order valence-corrected chi connectivity index (χ4v) is 4.15. The lowest BCUT2D eigenvalue weighted by molar-refractivity contribution is 0.0726. The number of benzene rings is 1. The molecular weight excluding hydrogens is 368 g/mol. The Morgan fingerprint density at radius 2 is 1.81 bits per heavy atom.